The van der Waals surface area contributed by atoms with Crippen LogP contribution in [-0.2, 0) is 13.0 Å². The molecule has 2 nitrogen and oxygen atoms in total. The van der Waals surface area contributed by atoms with Crippen LogP contribution in [0.2, 0.25) is 5.02 Å². The largest absolute Gasteiger partial charge is 0.457 e. The van der Waals surface area contributed by atoms with E-state index in [9.17, 15) is 4.39 Å². The van der Waals surface area contributed by atoms with Crippen molar-refractivity contribution in [2.24, 2.45) is 0 Å². The molecule has 0 aromatic heterocycles. The van der Waals surface area contributed by atoms with Gasteiger partial charge in [0.2, 0.25) is 0 Å². The van der Waals surface area contributed by atoms with Crippen molar-refractivity contribution in [2.45, 2.75) is 19.9 Å². The van der Waals surface area contributed by atoms with Gasteiger partial charge in [-0.15, -0.1) is 0 Å². The normalized spacial score (nSPS) is 10.6. The lowest BCUT2D eigenvalue weighted by atomic mass is 10.1. The highest BCUT2D eigenvalue weighted by Crippen LogP contribution is 2.30. The predicted molar refractivity (Wildman–Crippen MR) is 80.1 cm³/mol. The first-order chi connectivity index (χ1) is 9.65. The minimum atomic E-state index is -0.276. The van der Waals surface area contributed by atoms with E-state index in [4.69, 9.17) is 16.3 Å². The fraction of sp³-hybridized carbons (Fsp3) is 0.250. The molecule has 0 heterocycles. The summed E-state index contributed by atoms with van der Waals surface area (Å²) in [6.07, 6.45) is 0.822. The quantitative estimate of drug-likeness (QED) is 0.873. The third-order valence-electron chi connectivity index (χ3n) is 3.06. The van der Waals surface area contributed by atoms with E-state index in [-0.39, 0.29) is 5.82 Å². The van der Waals surface area contributed by atoms with Crippen molar-refractivity contribution in [3.05, 3.63) is 58.4 Å². The Bertz CT molecular complexity index is 601. The Hall–Kier alpha value is -1.58. The minimum Gasteiger partial charge on any atom is -0.457 e. The molecule has 2 rings (SSSR count). The summed E-state index contributed by atoms with van der Waals surface area (Å²) >= 11 is 6.08. The van der Waals surface area contributed by atoms with E-state index in [1.165, 1.54) is 6.07 Å². The molecular formula is C16H17ClFNO. The van der Waals surface area contributed by atoms with Gasteiger partial charge in [-0.25, -0.2) is 4.39 Å². The average molecular weight is 294 g/mol. The van der Waals surface area contributed by atoms with Gasteiger partial charge in [0.05, 0.1) is 0 Å². The second-order valence-corrected chi connectivity index (χ2v) is 4.86. The van der Waals surface area contributed by atoms with Gasteiger partial charge in [0, 0.05) is 17.1 Å². The van der Waals surface area contributed by atoms with Crippen molar-refractivity contribution in [1.82, 2.24) is 5.32 Å². The van der Waals surface area contributed by atoms with Crippen LogP contribution in [0.4, 0.5) is 4.39 Å². The van der Waals surface area contributed by atoms with Gasteiger partial charge in [0.15, 0.2) is 0 Å². The summed E-state index contributed by atoms with van der Waals surface area (Å²) in [5, 5.41) is 3.66. The van der Waals surface area contributed by atoms with E-state index in [1.54, 1.807) is 31.3 Å². The smallest absolute Gasteiger partial charge is 0.134 e. The predicted octanol–water partition coefficient (Wildman–Crippen LogP) is 4.55. The number of ether oxygens (including phenoxy) is 1. The standard InChI is InChI=1S/C16H17ClFNO/c1-3-11-9-12(7-8-14(11)17)20-16-6-4-5-15(18)13(16)10-19-2/h4-9,19H,3,10H2,1-2H3. The van der Waals surface area contributed by atoms with Gasteiger partial charge in [-0.1, -0.05) is 24.6 Å². The summed E-state index contributed by atoms with van der Waals surface area (Å²) in [5.74, 6) is 0.902. The van der Waals surface area contributed by atoms with Crippen LogP contribution in [-0.4, -0.2) is 7.05 Å². The molecule has 0 radical (unpaired) electrons. The highest BCUT2D eigenvalue weighted by Gasteiger charge is 2.10. The summed E-state index contributed by atoms with van der Waals surface area (Å²) in [6, 6.07) is 10.3. The monoisotopic (exact) mass is 293 g/mol. The summed E-state index contributed by atoms with van der Waals surface area (Å²) in [5.41, 5.74) is 1.53. The van der Waals surface area contributed by atoms with E-state index in [0.29, 0.717) is 23.6 Å². The molecule has 1 N–H and O–H groups in total. The second kappa shape index (κ2) is 6.73. The molecule has 0 aliphatic heterocycles. The molecule has 2 aromatic carbocycles. The molecule has 106 valence electrons. The number of aryl methyl sites for hydroxylation is 1. The zero-order valence-corrected chi connectivity index (χ0v) is 12.3. The maximum absolute atomic E-state index is 13.8. The molecule has 0 atom stereocenters. The number of rotatable bonds is 5. The SMILES string of the molecule is CCc1cc(Oc2cccc(F)c2CNC)ccc1Cl. The van der Waals surface area contributed by atoms with Crippen LogP contribution in [0.5, 0.6) is 11.5 Å². The first-order valence-corrected chi connectivity index (χ1v) is 6.91. The van der Waals surface area contributed by atoms with Gasteiger partial charge >= 0.3 is 0 Å². The fourth-order valence-electron chi connectivity index (χ4n) is 2.00. The van der Waals surface area contributed by atoms with Crippen molar-refractivity contribution in [3.63, 3.8) is 0 Å². The number of benzene rings is 2. The lowest BCUT2D eigenvalue weighted by Gasteiger charge is -2.13. The molecule has 0 bridgehead atoms. The van der Waals surface area contributed by atoms with Crippen LogP contribution < -0.4 is 10.1 Å². The highest BCUT2D eigenvalue weighted by molar-refractivity contribution is 6.31. The third kappa shape index (κ3) is 3.30. The van der Waals surface area contributed by atoms with Crippen LogP contribution >= 0.6 is 11.6 Å². The van der Waals surface area contributed by atoms with Crippen molar-refractivity contribution >= 4 is 11.6 Å². The van der Waals surface area contributed by atoms with Crippen molar-refractivity contribution in [3.8, 4) is 11.5 Å². The number of hydrogen-bond donors (Lipinski definition) is 1. The number of halogens is 2. The number of nitrogens with one attached hydrogen (secondary N) is 1. The molecule has 0 unspecified atom stereocenters. The Morgan fingerprint density at radius 3 is 2.75 bits per heavy atom. The Kier molecular flexibility index (Phi) is 4.99. The lowest BCUT2D eigenvalue weighted by molar-refractivity contribution is 0.463. The van der Waals surface area contributed by atoms with Crippen molar-refractivity contribution < 1.29 is 9.13 Å². The first-order valence-electron chi connectivity index (χ1n) is 6.54. The fourth-order valence-corrected chi connectivity index (χ4v) is 2.25. The molecule has 0 saturated carbocycles. The van der Waals surface area contributed by atoms with E-state index in [0.717, 1.165) is 17.0 Å². The maximum Gasteiger partial charge on any atom is 0.134 e. The van der Waals surface area contributed by atoms with Crippen molar-refractivity contribution in [2.75, 3.05) is 7.05 Å². The van der Waals surface area contributed by atoms with E-state index < -0.39 is 0 Å². The molecule has 20 heavy (non-hydrogen) atoms. The van der Waals surface area contributed by atoms with Crippen LogP contribution in [0.15, 0.2) is 36.4 Å². The summed E-state index contributed by atoms with van der Waals surface area (Å²) in [6.45, 7) is 2.44. The highest BCUT2D eigenvalue weighted by atomic mass is 35.5. The van der Waals surface area contributed by atoms with Crippen LogP contribution in [0, 0.1) is 5.82 Å². The molecule has 0 fully saturated rings. The Balaban J connectivity index is 2.32. The van der Waals surface area contributed by atoms with E-state index in [2.05, 4.69) is 5.32 Å². The van der Waals surface area contributed by atoms with Gasteiger partial charge in [0.25, 0.3) is 0 Å². The summed E-state index contributed by atoms with van der Waals surface area (Å²) in [4.78, 5) is 0. The molecule has 2 aromatic rings. The first kappa shape index (κ1) is 14.8. The topological polar surface area (TPSA) is 21.3 Å². The maximum atomic E-state index is 13.8. The molecule has 0 spiro atoms. The zero-order chi connectivity index (χ0) is 14.5. The molecule has 0 aliphatic carbocycles. The lowest BCUT2D eigenvalue weighted by Crippen LogP contribution is -2.08. The molecule has 0 saturated heterocycles. The van der Waals surface area contributed by atoms with Gasteiger partial charge in [-0.3, -0.25) is 0 Å². The summed E-state index contributed by atoms with van der Waals surface area (Å²) < 4.78 is 19.6. The van der Waals surface area contributed by atoms with Gasteiger partial charge in [-0.05, 0) is 49.4 Å². The van der Waals surface area contributed by atoms with Gasteiger partial charge in [-0.2, -0.15) is 0 Å². The van der Waals surface area contributed by atoms with Crippen molar-refractivity contribution in [1.29, 1.82) is 0 Å². The zero-order valence-electron chi connectivity index (χ0n) is 11.5. The molecule has 4 heteroatoms. The molecular weight excluding hydrogens is 277 g/mol. The minimum absolute atomic E-state index is 0.276. The number of hydrogen-bond acceptors (Lipinski definition) is 2. The Morgan fingerprint density at radius 1 is 1.25 bits per heavy atom. The Morgan fingerprint density at radius 2 is 2.05 bits per heavy atom. The second-order valence-electron chi connectivity index (χ2n) is 4.46. The van der Waals surface area contributed by atoms with E-state index in [1.807, 2.05) is 13.0 Å². The Labute approximate surface area is 123 Å². The average Bonchev–Trinajstić information content (AvgIpc) is 2.44. The van der Waals surface area contributed by atoms with Crippen LogP contribution in [0.3, 0.4) is 0 Å². The third-order valence-corrected chi connectivity index (χ3v) is 3.42. The van der Waals surface area contributed by atoms with E-state index >= 15 is 0 Å². The van der Waals surface area contributed by atoms with Gasteiger partial charge in [0.1, 0.15) is 17.3 Å². The van der Waals surface area contributed by atoms with Crippen LogP contribution in [0.1, 0.15) is 18.1 Å². The summed E-state index contributed by atoms with van der Waals surface area (Å²) in [7, 11) is 1.77. The molecule has 0 amide bonds. The van der Waals surface area contributed by atoms with Gasteiger partial charge < -0.3 is 10.1 Å². The molecule has 0 aliphatic rings. The van der Waals surface area contributed by atoms with Crippen LogP contribution in [0.25, 0.3) is 0 Å².